The Bertz CT molecular complexity index is 886. The lowest BCUT2D eigenvalue weighted by molar-refractivity contribution is -0.398. The maximum Gasteiger partial charge on any atom is 0.187 e. The van der Waals surface area contributed by atoms with Crippen LogP contribution in [0.4, 0.5) is 0 Å². The van der Waals surface area contributed by atoms with Crippen LogP contribution in [0.5, 0.6) is 0 Å². The number of aliphatic hydroxyl groups excluding tert-OH is 12. The van der Waals surface area contributed by atoms with E-state index in [0.717, 1.165) is 0 Å². The van der Waals surface area contributed by atoms with Gasteiger partial charge in [-0.2, -0.15) is 0 Å². The first-order chi connectivity index (χ1) is 20.2. The van der Waals surface area contributed by atoms with Gasteiger partial charge in [0.25, 0.3) is 0 Å². The molecule has 0 aromatic carbocycles. The summed E-state index contributed by atoms with van der Waals surface area (Å²) in [6, 6.07) is 0. The second-order valence-corrected chi connectivity index (χ2v) is 11.1. The summed E-state index contributed by atoms with van der Waals surface area (Å²) < 4.78 is 38.9. The van der Waals surface area contributed by atoms with E-state index in [2.05, 4.69) is 0 Å². The Balaban J connectivity index is 1.62. The van der Waals surface area contributed by atoms with Crippen LogP contribution in [-0.2, 0) is 33.2 Å². The van der Waals surface area contributed by atoms with Crippen molar-refractivity contribution in [2.45, 2.75) is 137 Å². The van der Waals surface area contributed by atoms with E-state index >= 15 is 0 Å². The van der Waals surface area contributed by atoms with Gasteiger partial charge in [-0.05, 0) is 13.8 Å². The summed E-state index contributed by atoms with van der Waals surface area (Å²) in [5.74, 6) is 0. The van der Waals surface area contributed by atoms with E-state index in [-0.39, 0.29) is 0 Å². The zero-order valence-corrected chi connectivity index (χ0v) is 23.2. The Hall–Kier alpha value is -0.760. The van der Waals surface area contributed by atoms with Crippen LogP contribution in [0.2, 0.25) is 0 Å². The topological polar surface area (TPSA) is 307 Å². The fraction of sp³-hybridized carbons (Fsp3) is 1.00. The van der Waals surface area contributed by atoms with E-state index in [1.807, 2.05) is 0 Å². The smallest absolute Gasteiger partial charge is 0.187 e. The van der Waals surface area contributed by atoms with Gasteiger partial charge in [0.15, 0.2) is 25.2 Å². The maximum atomic E-state index is 10.9. The number of hydrogen-bond donors (Lipinski definition) is 12. The fourth-order valence-corrected chi connectivity index (χ4v) is 5.40. The van der Waals surface area contributed by atoms with E-state index in [9.17, 15) is 61.3 Å². The molecule has 0 radical (unpaired) electrons. The Kier molecular flexibility index (Phi) is 11.7. The molecule has 3 unspecified atom stereocenters. The van der Waals surface area contributed by atoms with Crippen LogP contribution >= 0.6 is 0 Å². The second-order valence-electron chi connectivity index (χ2n) is 11.1. The summed E-state index contributed by atoms with van der Waals surface area (Å²) in [5.41, 5.74) is 0. The summed E-state index contributed by atoms with van der Waals surface area (Å²) in [4.78, 5) is 0. The highest BCUT2D eigenvalue weighted by atomic mass is 16.8. The van der Waals surface area contributed by atoms with Gasteiger partial charge in [0.2, 0.25) is 0 Å². The Morgan fingerprint density at radius 2 is 0.884 bits per heavy atom. The molecule has 0 aromatic heterocycles. The van der Waals surface area contributed by atoms with E-state index in [1.54, 1.807) is 0 Å². The van der Waals surface area contributed by atoms with Crippen molar-refractivity contribution in [3.63, 3.8) is 0 Å². The SMILES string of the molecule is C[C@@H]1OC(O[C@H]2[C@H](O[C@H]3[C@H](OC4O[C@@H](C)[C@@H](O)[C@@H](O)[C@@H]4O)[C@@H](O)C(O)O[C@@H]3CO)O[C@H](CO)[C@H](O)[C@@H]2O)[C@@H](O)[C@H](O)[C@@H]1O. The van der Waals surface area contributed by atoms with Crippen LogP contribution in [0.15, 0.2) is 0 Å². The molecule has 4 fully saturated rings. The maximum absolute atomic E-state index is 10.9. The molecule has 4 aliphatic rings. The van der Waals surface area contributed by atoms with Crippen LogP contribution < -0.4 is 0 Å². The average Bonchev–Trinajstić information content (AvgIpc) is 2.98. The Morgan fingerprint density at radius 3 is 1.37 bits per heavy atom. The van der Waals surface area contributed by atoms with Gasteiger partial charge < -0.3 is 94.4 Å². The van der Waals surface area contributed by atoms with Crippen molar-refractivity contribution in [3.8, 4) is 0 Å². The summed E-state index contributed by atoms with van der Waals surface area (Å²) in [7, 11) is 0. The highest BCUT2D eigenvalue weighted by molar-refractivity contribution is 4.97. The molecular weight excluding hydrogens is 592 g/mol. The summed E-state index contributed by atoms with van der Waals surface area (Å²) in [5, 5.41) is 123. The molecule has 4 saturated heterocycles. The van der Waals surface area contributed by atoms with Gasteiger partial charge in [0.1, 0.15) is 85.5 Å². The molecule has 0 bridgehead atoms. The van der Waals surface area contributed by atoms with E-state index < -0.39 is 136 Å². The van der Waals surface area contributed by atoms with Crippen LogP contribution in [0, 0.1) is 0 Å². The number of hydrogen-bond acceptors (Lipinski definition) is 19. The monoisotopic (exact) mass is 634 g/mol. The molecule has 252 valence electrons. The normalized spacial score (nSPS) is 54.8. The molecule has 4 rings (SSSR count). The van der Waals surface area contributed by atoms with Crippen molar-refractivity contribution < 1.29 is 94.4 Å². The van der Waals surface area contributed by atoms with Gasteiger partial charge >= 0.3 is 0 Å². The molecule has 4 aliphatic heterocycles. The standard InChI is InChI=1S/C24H42O19/c1-5-9(27)12(30)15(33)22(37-5)42-19-17(35)21(36)39-8(4-26)18(19)41-24-20(14(32)11(29)7(3-25)40-24)43-23-16(34)13(31)10(28)6(2)38-23/h5-36H,3-4H2,1-2H3/t5-,6-,7+,8+,9+,10+,11-,12+,13+,14-,15-,16-,17+,18+,19+,20+,21?,22?,23?,24-/m0/s1. The molecule has 43 heavy (non-hydrogen) atoms. The molecule has 20 atom stereocenters. The van der Waals surface area contributed by atoms with Crippen molar-refractivity contribution in [2.75, 3.05) is 13.2 Å². The third-order valence-corrected chi connectivity index (χ3v) is 8.13. The van der Waals surface area contributed by atoms with Crippen molar-refractivity contribution in [1.29, 1.82) is 0 Å². The van der Waals surface area contributed by atoms with Crippen LogP contribution in [-0.4, -0.2) is 197 Å². The first kappa shape index (κ1) is 35.1. The van der Waals surface area contributed by atoms with Gasteiger partial charge in [-0.15, -0.1) is 0 Å². The van der Waals surface area contributed by atoms with Crippen molar-refractivity contribution in [3.05, 3.63) is 0 Å². The fourth-order valence-electron chi connectivity index (χ4n) is 5.40. The first-order valence-electron chi connectivity index (χ1n) is 13.8. The van der Waals surface area contributed by atoms with Crippen molar-refractivity contribution >= 4 is 0 Å². The minimum Gasteiger partial charge on any atom is -0.394 e. The summed E-state index contributed by atoms with van der Waals surface area (Å²) in [6.45, 7) is 1.04. The second kappa shape index (κ2) is 14.3. The molecule has 4 heterocycles. The van der Waals surface area contributed by atoms with Gasteiger partial charge in [0.05, 0.1) is 25.4 Å². The average molecular weight is 635 g/mol. The predicted octanol–water partition coefficient (Wildman–Crippen LogP) is -7.69. The molecule has 0 saturated carbocycles. The minimum atomic E-state index is -1.97. The van der Waals surface area contributed by atoms with Gasteiger partial charge in [-0.25, -0.2) is 0 Å². The molecule has 0 aliphatic carbocycles. The lowest BCUT2D eigenvalue weighted by Gasteiger charge is -2.49. The summed E-state index contributed by atoms with van der Waals surface area (Å²) >= 11 is 0. The zero-order valence-electron chi connectivity index (χ0n) is 23.2. The van der Waals surface area contributed by atoms with E-state index in [0.29, 0.717) is 0 Å². The number of aliphatic hydroxyl groups is 12. The van der Waals surface area contributed by atoms with Gasteiger partial charge in [0, 0.05) is 0 Å². The molecule has 12 N–H and O–H groups in total. The van der Waals surface area contributed by atoms with Crippen molar-refractivity contribution in [1.82, 2.24) is 0 Å². The minimum absolute atomic E-state index is 0.832. The summed E-state index contributed by atoms with van der Waals surface area (Å²) in [6.07, 6.45) is -33.2. The quantitative estimate of drug-likeness (QED) is 0.118. The molecule has 19 heteroatoms. The Morgan fingerprint density at radius 1 is 0.419 bits per heavy atom. The lowest BCUT2D eigenvalue weighted by Crippen LogP contribution is -2.67. The van der Waals surface area contributed by atoms with Crippen molar-refractivity contribution in [2.24, 2.45) is 0 Å². The molecular formula is C24H42O19. The molecule has 19 nitrogen and oxygen atoms in total. The molecule has 0 aromatic rings. The largest absolute Gasteiger partial charge is 0.394 e. The van der Waals surface area contributed by atoms with Gasteiger partial charge in [-0.3, -0.25) is 0 Å². The van der Waals surface area contributed by atoms with Gasteiger partial charge in [-0.1, -0.05) is 0 Å². The highest BCUT2D eigenvalue weighted by Gasteiger charge is 2.55. The molecule has 0 amide bonds. The third-order valence-electron chi connectivity index (χ3n) is 8.13. The van der Waals surface area contributed by atoms with E-state index in [1.165, 1.54) is 13.8 Å². The first-order valence-corrected chi connectivity index (χ1v) is 13.8. The highest BCUT2D eigenvalue weighted by Crippen LogP contribution is 2.35. The number of ether oxygens (including phenoxy) is 7. The van der Waals surface area contributed by atoms with Crippen LogP contribution in [0.3, 0.4) is 0 Å². The molecule has 0 spiro atoms. The van der Waals surface area contributed by atoms with Crippen LogP contribution in [0.25, 0.3) is 0 Å². The number of rotatable bonds is 8. The Labute approximate surface area is 244 Å². The zero-order chi connectivity index (χ0) is 31.9. The third kappa shape index (κ3) is 7.00. The lowest BCUT2D eigenvalue weighted by atomic mass is 9.95. The van der Waals surface area contributed by atoms with E-state index in [4.69, 9.17) is 33.2 Å². The predicted molar refractivity (Wildman–Crippen MR) is 131 cm³/mol. The van der Waals surface area contributed by atoms with Crippen LogP contribution in [0.1, 0.15) is 13.8 Å².